The fourth-order valence-corrected chi connectivity index (χ4v) is 8.08. The molecule has 1 aromatic rings. The number of rotatable bonds is 18. The predicted octanol–water partition coefficient (Wildman–Crippen LogP) is 6.65. The van der Waals surface area contributed by atoms with Crippen molar-refractivity contribution in [3.63, 3.8) is 0 Å². The number of carbonyl (C=O) groups excluding carboxylic acids is 5. The summed E-state index contributed by atoms with van der Waals surface area (Å²) >= 11 is 0. The lowest BCUT2D eigenvalue weighted by atomic mass is 9.80. The molecule has 14 nitrogen and oxygen atoms in total. The standard InChI is InChI=1S/C45H74N6O8/c1-30(2)26-34(48-42(56)59-43(5,6)7)23-22-33(27-32-18-13-12-14-19-32)40(54)50-25-17-21-37(50)39(53)49-36(38(52)47-31(3)4)20-15-16-24-46-41(55)58-35-28-44(8,9)51(57)45(10,11)29-35/h12-14,18-19,22-23,30-31,33-37,57H,15-17,20-21,24-29H2,1-11H3,(H,46,55)(H,47,52)(H,48,56)(H,49,53)/b23-22+/t33?,34?,36?,37-/m0/s1. The highest BCUT2D eigenvalue weighted by Gasteiger charge is 2.46. The molecule has 2 aliphatic heterocycles. The molecule has 2 saturated heterocycles. The van der Waals surface area contributed by atoms with Crippen LogP contribution >= 0.6 is 0 Å². The van der Waals surface area contributed by atoms with Gasteiger partial charge >= 0.3 is 12.2 Å². The average Bonchev–Trinajstić information content (AvgIpc) is 3.60. The van der Waals surface area contributed by atoms with Crippen LogP contribution in [0.4, 0.5) is 9.59 Å². The summed E-state index contributed by atoms with van der Waals surface area (Å²) in [5.74, 6) is -1.24. The number of ether oxygens (including phenoxy) is 2. The number of unbranched alkanes of at least 4 members (excludes halogenated alkanes) is 1. The first-order chi connectivity index (χ1) is 27.5. The smallest absolute Gasteiger partial charge is 0.408 e. The van der Waals surface area contributed by atoms with Gasteiger partial charge in [0.05, 0.1) is 12.0 Å². The van der Waals surface area contributed by atoms with E-state index in [1.165, 1.54) is 5.06 Å². The van der Waals surface area contributed by atoms with Gasteiger partial charge in [0.25, 0.3) is 0 Å². The molecule has 1 aromatic carbocycles. The average molecular weight is 827 g/mol. The van der Waals surface area contributed by atoms with Crippen molar-refractivity contribution in [2.75, 3.05) is 13.1 Å². The van der Waals surface area contributed by atoms with E-state index in [4.69, 9.17) is 9.47 Å². The van der Waals surface area contributed by atoms with Crippen LogP contribution in [0.3, 0.4) is 0 Å². The van der Waals surface area contributed by atoms with Crippen LogP contribution < -0.4 is 21.3 Å². The van der Waals surface area contributed by atoms with E-state index in [-0.39, 0.29) is 41.8 Å². The Hall–Kier alpha value is -4.17. The van der Waals surface area contributed by atoms with Gasteiger partial charge in [-0.05, 0) is 119 Å². The summed E-state index contributed by atoms with van der Waals surface area (Å²) in [6.45, 7) is 21.6. The third kappa shape index (κ3) is 16.4. The third-order valence-corrected chi connectivity index (χ3v) is 10.6. The highest BCUT2D eigenvalue weighted by molar-refractivity contribution is 5.93. The first-order valence-electron chi connectivity index (χ1n) is 21.5. The number of nitrogens with one attached hydrogen (secondary N) is 4. The van der Waals surface area contributed by atoms with Gasteiger partial charge in [0.15, 0.2) is 0 Å². The van der Waals surface area contributed by atoms with E-state index < -0.39 is 46.9 Å². The first kappa shape index (κ1) is 49.2. The summed E-state index contributed by atoms with van der Waals surface area (Å²) < 4.78 is 11.2. The highest BCUT2D eigenvalue weighted by Crippen LogP contribution is 2.38. The van der Waals surface area contributed by atoms with E-state index in [2.05, 4.69) is 35.1 Å². The molecule has 2 aliphatic rings. The number of hydrogen-bond donors (Lipinski definition) is 5. The van der Waals surface area contributed by atoms with E-state index in [1.54, 1.807) is 25.7 Å². The Bertz CT molecular complexity index is 1560. The third-order valence-electron chi connectivity index (χ3n) is 10.6. The summed E-state index contributed by atoms with van der Waals surface area (Å²) in [6, 6.07) is 7.58. The van der Waals surface area contributed by atoms with Gasteiger partial charge in [-0.1, -0.05) is 56.3 Å². The SMILES string of the molecule is CC(C)CC(/C=C/C(Cc1ccccc1)C(=O)N1CCC[C@H]1C(=O)NC(CCCCNC(=O)OC1CC(C)(C)N(O)C(C)(C)C1)C(=O)NC(C)C)NC(=O)OC(C)(C)C. The number of amides is 5. The van der Waals surface area contributed by atoms with Crippen molar-refractivity contribution in [2.24, 2.45) is 11.8 Å². The fraction of sp³-hybridized carbons (Fsp3) is 0.711. The zero-order chi connectivity index (χ0) is 44.1. The molecule has 59 heavy (non-hydrogen) atoms. The van der Waals surface area contributed by atoms with Crippen molar-refractivity contribution in [3.8, 4) is 0 Å². The second-order valence-corrected chi connectivity index (χ2v) is 19.3. The molecule has 3 unspecified atom stereocenters. The summed E-state index contributed by atoms with van der Waals surface area (Å²) in [7, 11) is 0. The van der Waals surface area contributed by atoms with Crippen LogP contribution in [0.1, 0.15) is 133 Å². The maximum Gasteiger partial charge on any atom is 0.408 e. The van der Waals surface area contributed by atoms with Crippen LogP contribution in [0.25, 0.3) is 0 Å². The van der Waals surface area contributed by atoms with Crippen LogP contribution in [0, 0.1) is 11.8 Å². The number of hydroxylamine groups is 2. The minimum Gasteiger partial charge on any atom is -0.446 e. The summed E-state index contributed by atoms with van der Waals surface area (Å²) in [5, 5.41) is 23.5. The number of piperidine rings is 1. The number of nitrogens with zero attached hydrogens (tertiary/aromatic N) is 2. The van der Waals surface area contributed by atoms with Crippen molar-refractivity contribution in [1.29, 1.82) is 0 Å². The van der Waals surface area contributed by atoms with Crippen LogP contribution in [0.5, 0.6) is 0 Å². The number of alkyl carbamates (subject to hydrolysis) is 2. The van der Waals surface area contributed by atoms with Crippen molar-refractivity contribution >= 4 is 29.9 Å². The van der Waals surface area contributed by atoms with E-state index >= 15 is 0 Å². The lowest BCUT2D eigenvalue weighted by Crippen LogP contribution is -2.60. The molecule has 0 aromatic heterocycles. The summed E-state index contributed by atoms with van der Waals surface area (Å²) in [5.41, 5.74) is -0.800. The lowest BCUT2D eigenvalue weighted by Gasteiger charge is -2.50. The Morgan fingerprint density at radius 2 is 1.54 bits per heavy atom. The molecule has 5 amide bonds. The van der Waals surface area contributed by atoms with Gasteiger partial charge in [-0.25, -0.2) is 9.59 Å². The van der Waals surface area contributed by atoms with Gasteiger partial charge in [-0.2, -0.15) is 5.06 Å². The van der Waals surface area contributed by atoms with E-state index in [1.807, 2.05) is 84.0 Å². The van der Waals surface area contributed by atoms with Gasteiger partial charge in [-0.15, -0.1) is 0 Å². The monoisotopic (exact) mass is 827 g/mol. The van der Waals surface area contributed by atoms with Crippen molar-refractivity contribution in [1.82, 2.24) is 31.2 Å². The van der Waals surface area contributed by atoms with Crippen LogP contribution in [0.15, 0.2) is 42.5 Å². The fourth-order valence-electron chi connectivity index (χ4n) is 8.08. The number of benzene rings is 1. The molecule has 0 saturated carbocycles. The van der Waals surface area contributed by atoms with Gasteiger partial charge < -0.3 is 40.8 Å². The maximum absolute atomic E-state index is 14.4. The zero-order valence-electron chi connectivity index (χ0n) is 37.6. The minimum absolute atomic E-state index is 0.148. The van der Waals surface area contributed by atoms with E-state index in [0.717, 1.165) is 5.56 Å². The number of carbonyl (C=O) groups is 5. The molecule has 0 radical (unpaired) electrons. The topological polar surface area (TPSA) is 179 Å². The van der Waals surface area contributed by atoms with Gasteiger partial charge in [0, 0.05) is 43.1 Å². The predicted molar refractivity (Wildman–Crippen MR) is 228 cm³/mol. The molecule has 2 heterocycles. The van der Waals surface area contributed by atoms with Crippen molar-refractivity contribution in [2.45, 2.75) is 181 Å². The van der Waals surface area contributed by atoms with Gasteiger partial charge in [0.2, 0.25) is 17.7 Å². The van der Waals surface area contributed by atoms with E-state index in [0.29, 0.717) is 70.9 Å². The molecule has 4 atom stereocenters. The molecule has 0 aliphatic carbocycles. The minimum atomic E-state index is -0.835. The van der Waals surface area contributed by atoms with Crippen LogP contribution in [0.2, 0.25) is 0 Å². The second kappa shape index (κ2) is 21.9. The molecular formula is C45H74N6O8. The summed E-state index contributed by atoms with van der Waals surface area (Å²) in [6.07, 6.45) is 6.84. The first-order valence-corrected chi connectivity index (χ1v) is 21.5. The van der Waals surface area contributed by atoms with Crippen LogP contribution in [-0.4, -0.2) is 105 Å². The molecule has 332 valence electrons. The molecule has 0 spiro atoms. The number of hydrogen-bond acceptors (Lipinski definition) is 9. The Morgan fingerprint density at radius 1 is 0.898 bits per heavy atom. The highest BCUT2D eigenvalue weighted by atomic mass is 16.6. The van der Waals surface area contributed by atoms with Crippen molar-refractivity contribution < 1.29 is 38.7 Å². The normalized spacial score (nSPS) is 19.9. The molecule has 0 bridgehead atoms. The second-order valence-electron chi connectivity index (χ2n) is 19.3. The molecule has 14 heteroatoms. The molecular weight excluding hydrogens is 753 g/mol. The molecule has 3 rings (SSSR count). The Balaban J connectivity index is 1.68. The largest absolute Gasteiger partial charge is 0.446 e. The Kier molecular flexibility index (Phi) is 18.3. The lowest BCUT2D eigenvalue weighted by molar-refractivity contribution is -0.256. The zero-order valence-corrected chi connectivity index (χ0v) is 37.6. The van der Waals surface area contributed by atoms with Gasteiger partial charge in [0.1, 0.15) is 23.8 Å². The Morgan fingerprint density at radius 3 is 2.14 bits per heavy atom. The van der Waals surface area contributed by atoms with Crippen molar-refractivity contribution in [3.05, 3.63) is 48.0 Å². The Labute approximate surface area is 352 Å². The van der Waals surface area contributed by atoms with Crippen LogP contribution in [-0.2, 0) is 30.3 Å². The number of likely N-dealkylation sites (tertiary alicyclic amines) is 1. The quantitative estimate of drug-likeness (QED) is 0.0801. The molecule has 5 N–H and O–H groups in total. The molecule has 2 fully saturated rings. The maximum atomic E-state index is 14.4. The van der Waals surface area contributed by atoms with Gasteiger partial charge in [-0.3, -0.25) is 14.4 Å². The summed E-state index contributed by atoms with van der Waals surface area (Å²) in [4.78, 5) is 68.8. The van der Waals surface area contributed by atoms with E-state index in [9.17, 15) is 29.2 Å².